The van der Waals surface area contributed by atoms with E-state index in [1.165, 1.54) is 36.0 Å². The Labute approximate surface area is 72.9 Å². The van der Waals surface area contributed by atoms with E-state index < -0.39 is 0 Å². The fourth-order valence-electron chi connectivity index (χ4n) is 1.81. The van der Waals surface area contributed by atoms with Gasteiger partial charge in [-0.3, -0.25) is 0 Å². The van der Waals surface area contributed by atoms with E-state index in [1.807, 2.05) is 0 Å². The van der Waals surface area contributed by atoms with Gasteiger partial charge in [0.15, 0.2) is 0 Å². The third-order valence-corrected chi connectivity index (χ3v) is 2.42. The van der Waals surface area contributed by atoms with Crippen LogP contribution in [0.3, 0.4) is 0 Å². The van der Waals surface area contributed by atoms with Crippen molar-refractivity contribution in [1.82, 2.24) is 0 Å². The molecule has 0 spiro atoms. The predicted octanol–water partition coefficient (Wildman–Crippen LogP) is 2.59. The van der Waals surface area contributed by atoms with Gasteiger partial charge in [-0.05, 0) is 36.5 Å². The molecule has 1 aromatic rings. The van der Waals surface area contributed by atoms with Crippen molar-refractivity contribution in [1.29, 1.82) is 0 Å². The third kappa shape index (κ3) is 1.21. The molecule has 0 radical (unpaired) electrons. The lowest BCUT2D eigenvalue weighted by Gasteiger charge is -1.98. The van der Waals surface area contributed by atoms with Gasteiger partial charge >= 0.3 is 0 Å². The van der Waals surface area contributed by atoms with Gasteiger partial charge in [-0.1, -0.05) is 12.1 Å². The van der Waals surface area contributed by atoms with Gasteiger partial charge in [0.25, 0.3) is 0 Å². The van der Waals surface area contributed by atoms with Crippen molar-refractivity contribution < 1.29 is 0 Å². The average molecular weight is 157 g/mol. The van der Waals surface area contributed by atoms with Crippen molar-refractivity contribution in [2.75, 3.05) is 0 Å². The summed E-state index contributed by atoms with van der Waals surface area (Å²) in [5, 5.41) is 0. The largest absolute Gasteiger partial charge is 0.312 e. The number of aryl methyl sites for hydroxylation is 2. The molecule has 12 heavy (non-hydrogen) atoms. The molecule has 0 saturated heterocycles. The highest BCUT2D eigenvalue weighted by atomic mass is 14.6. The summed E-state index contributed by atoms with van der Waals surface area (Å²) in [4.78, 5) is 3.38. The summed E-state index contributed by atoms with van der Waals surface area (Å²) in [6, 6.07) is 6.46. The Hall–Kier alpha value is -1.29. The summed E-state index contributed by atoms with van der Waals surface area (Å²) in [6.45, 7) is 7.30. The summed E-state index contributed by atoms with van der Waals surface area (Å²) in [6.07, 6.45) is 3.73. The highest BCUT2D eigenvalue weighted by Crippen LogP contribution is 2.22. The van der Waals surface area contributed by atoms with Crippen LogP contribution in [-0.2, 0) is 19.4 Å². The molecule has 0 aliphatic heterocycles. The van der Waals surface area contributed by atoms with Crippen LogP contribution >= 0.6 is 0 Å². The Balaban J connectivity index is 2.34. The molecule has 0 heterocycles. The van der Waals surface area contributed by atoms with Gasteiger partial charge in [-0.15, -0.1) is 0 Å². The predicted molar refractivity (Wildman–Crippen MR) is 48.8 cm³/mol. The van der Waals surface area contributed by atoms with Crippen molar-refractivity contribution in [2.24, 2.45) is 0 Å². The Bertz CT molecular complexity index is 333. The molecule has 1 nitrogen and oxygen atoms in total. The second-order valence-corrected chi connectivity index (χ2v) is 3.27. The van der Waals surface area contributed by atoms with E-state index in [2.05, 4.69) is 23.0 Å². The normalized spacial score (nSPS) is 13.9. The van der Waals surface area contributed by atoms with E-state index in [9.17, 15) is 0 Å². The molecule has 0 unspecified atom stereocenters. The second-order valence-electron chi connectivity index (χ2n) is 3.27. The van der Waals surface area contributed by atoms with Crippen LogP contribution in [0.2, 0.25) is 0 Å². The van der Waals surface area contributed by atoms with E-state index in [0.717, 1.165) is 0 Å². The fourth-order valence-corrected chi connectivity index (χ4v) is 1.81. The van der Waals surface area contributed by atoms with Crippen LogP contribution in [0.15, 0.2) is 18.2 Å². The first-order chi connectivity index (χ1) is 5.90. The molecule has 1 aliphatic rings. The zero-order valence-electron chi connectivity index (χ0n) is 7.01. The summed E-state index contributed by atoms with van der Waals surface area (Å²) >= 11 is 0. The number of hydrogen-bond acceptors (Lipinski definition) is 0. The van der Waals surface area contributed by atoms with Crippen LogP contribution < -0.4 is 0 Å². The van der Waals surface area contributed by atoms with Gasteiger partial charge in [-0.2, -0.15) is 0 Å². The van der Waals surface area contributed by atoms with Gasteiger partial charge in [0.2, 0.25) is 6.54 Å². The maximum Gasteiger partial charge on any atom is 0.239 e. The highest BCUT2D eigenvalue weighted by molar-refractivity contribution is 5.35. The molecule has 0 aromatic heterocycles. The minimum atomic E-state index is 0.535. The first-order valence-corrected chi connectivity index (χ1v) is 4.34. The number of hydrogen-bond donors (Lipinski definition) is 0. The van der Waals surface area contributed by atoms with E-state index >= 15 is 0 Å². The molecule has 0 fully saturated rings. The first-order valence-electron chi connectivity index (χ1n) is 4.34. The van der Waals surface area contributed by atoms with Crippen LogP contribution in [0.1, 0.15) is 23.1 Å². The molecular weight excluding hydrogens is 146 g/mol. The molecule has 0 bridgehead atoms. The molecule has 1 aliphatic carbocycles. The summed E-state index contributed by atoms with van der Waals surface area (Å²) < 4.78 is 0. The summed E-state index contributed by atoms with van der Waals surface area (Å²) in [5.74, 6) is 0. The Morgan fingerprint density at radius 2 is 2.08 bits per heavy atom. The maximum absolute atomic E-state index is 6.76. The third-order valence-electron chi connectivity index (χ3n) is 2.42. The SMILES string of the molecule is [C-]#[N+]Cc1ccc2c(c1)CCC2. The molecule has 1 aromatic carbocycles. The van der Waals surface area contributed by atoms with Crippen LogP contribution in [0.5, 0.6) is 0 Å². The molecule has 0 amide bonds. The monoisotopic (exact) mass is 157 g/mol. The van der Waals surface area contributed by atoms with Crippen LogP contribution in [0.25, 0.3) is 4.85 Å². The summed E-state index contributed by atoms with van der Waals surface area (Å²) in [5.41, 5.74) is 4.13. The maximum atomic E-state index is 6.76. The highest BCUT2D eigenvalue weighted by Gasteiger charge is 2.10. The molecule has 0 N–H and O–H groups in total. The van der Waals surface area contributed by atoms with Crippen molar-refractivity contribution in [3.05, 3.63) is 46.3 Å². The number of fused-ring (bicyclic) bond motifs is 1. The van der Waals surface area contributed by atoms with Crippen LogP contribution in [-0.4, -0.2) is 0 Å². The molecule has 0 saturated carbocycles. The van der Waals surface area contributed by atoms with Gasteiger partial charge in [0, 0.05) is 5.56 Å². The van der Waals surface area contributed by atoms with E-state index in [-0.39, 0.29) is 0 Å². The second kappa shape index (κ2) is 2.98. The zero-order chi connectivity index (χ0) is 8.39. The minimum Gasteiger partial charge on any atom is -0.312 e. The fraction of sp³-hybridized carbons (Fsp3) is 0.364. The van der Waals surface area contributed by atoms with Crippen LogP contribution in [0, 0.1) is 6.57 Å². The average Bonchev–Trinajstić information content (AvgIpc) is 2.51. The molecule has 1 heteroatoms. The molecular formula is C11H11N. The van der Waals surface area contributed by atoms with E-state index in [0.29, 0.717) is 6.54 Å². The lowest BCUT2D eigenvalue weighted by molar-refractivity contribution is 0.911. The topological polar surface area (TPSA) is 4.36 Å². The van der Waals surface area contributed by atoms with Gasteiger partial charge in [0.05, 0.1) is 0 Å². The van der Waals surface area contributed by atoms with Gasteiger partial charge < -0.3 is 4.85 Å². The number of rotatable bonds is 1. The molecule has 60 valence electrons. The Morgan fingerprint density at radius 1 is 1.25 bits per heavy atom. The van der Waals surface area contributed by atoms with Gasteiger partial charge in [-0.25, -0.2) is 6.57 Å². The Morgan fingerprint density at radius 3 is 2.92 bits per heavy atom. The lowest BCUT2D eigenvalue weighted by Crippen LogP contribution is -1.85. The first kappa shape index (κ1) is 7.36. The Kier molecular flexibility index (Phi) is 1.83. The van der Waals surface area contributed by atoms with Crippen molar-refractivity contribution >= 4 is 0 Å². The lowest BCUT2D eigenvalue weighted by atomic mass is 10.1. The van der Waals surface area contributed by atoms with E-state index in [4.69, 9.17) is 6.57 Å². The van der Waals surface area contributed by atoms with Gasteiger partial charge in [0.1, 0.15) is 0 Å². The zero-order valence-corrected chi connectivity index (χ0v) is 7.01. The number of nitrogens with zero attached hydrogens (tertiary/aromatic N) is 1. The molecule has 2 rings (SSSR count). The minimum absolute atomic E-state index is 0.535. The molecule has 0 atom stereocenters. The van der Waals surface area contributed by atoms with Crippen LogP contribution in [0.4, 0.5) is 0 Å². The van der Waals surface area contributed by atoms with Crippen molar-refractivity contribution in [3.63, 3.8) is 0 Å². The van der Waals surface area contributed by atoms with E-state index in [1.54, 1.807) is 0 Å². The quantitative estimate of drug-likeness (QED) is 0.552. The standard InChI is InChI=1S/C11H11N/c1-12-8-9-5-6-10-3-2-4-11(10)7-9/h5-7H,2-4,8H2. The van der Waals surface area contributed by atoms with Crippen molar-refractivity contribution in [3.8, 4) is 0 Å². The number of benzene rings is 1. The summed E-state index contributed by atoms with van der Waals surface area (Å²) in [7, 11) is 0. The van der Waals surface area contributed by atoms with Crippen molar-refractivity contribution in [2.45, 2.75) is 25.8 Å². The smallest absolute Gasteiger partial charge is 0.239 e.